The van der Waals surface area contributed by atoms with Crippen molar-refractivity contribution in [2.45, 2.75) is 26.8 Å². The van der Waals surface area contributed by atoms with E-state index in [1.165, 1.54) is 0 Å². The fourth-order valence-electron chi connectivity index (χ4n) is 1.37. The summed E-state index contributed by atoms with van der Waals surface area (Å²) in [5, 5.41) is 0. The molecule has 2 N–H and O–H groups in total. The molecular weight excluding hydrogens is 202 g/mol. The summed E-state index contributed by atoms with van der Waals surface area (Å²) in [6.07, 6.45) is 1.04. The Morgan fingerprint density at radius 1 is 1.25 bits per heavy atom. The summed E-state index contributed by atoms with van der Waals surface area (Å²) in [6.45, 7) is 5.58. The van der Waals surface area contributed by atoms with Gasteiger partial charge in [0.1, 0.15) is 0 Å². The Morgan fingerprint density at radius 2 is 2.00 bits per heavy atom. The van der Waals surface area contributed by atoms with Crippen LogP contribution >= 0.6 is 0 Å². The second-order valence-corrected chi connectivity index (χ2v) is 4.22. The Hall–Kier alpha value is -1.22. The largest absolute Gasteiger partial charge is 0.493 e. The first kappa shape index (κ1) is 12.8. The first-order chi connectivity index (χ1) is 7.67. The van der Waals surface area contributed by atoms with Crippen LogP contribution < -0.4 is 15.2 Å². The lowest BCUT2D eigenvalue weighted by atomic mass is 10.1. The quantitative estimate of drug-likeness (QED) is 0.806. The number of hydrogen-bond acceptors (Lipinski definition) is 3. The highest BCUT2D eigenvalue weighted by atomic mass is 16.5. The van der Waals surface area contributed by atoms with E-state index in [9.17, 15) is 0 Å². The van der Waals surface area contributed by atoms with Crippen LogP contribution in [0.5, 0.6) is 11.5 Å². The van der Waals surface area contributed by atoms with E-state index in [-0.39, 0.29) is 0 Å². The summed E-state index contributed by atoms with van der Waals surface area (Å²) in [5.74, 6) is 2.19. The maximum Gasteiger partial charge on any atom is 0.161 e. The van der Waals surface area contributed by atoms with Crippen LogP contribution in [-0.4, -0.2) is 13.7 Å². The molecule has 0 bridgehead atoms. The summed E-state index contributed by atoms with van der Waals surface area (Å²) in [7, 11) is 1.65. The molecule has 90 valence electrons. The molecule has 0 unspecified atom stereocenters. The lowest BCUT2D eigenvalue weighted by molar-refractivity contribution is 0.272. The number of rotatable bonds is 6. The average molecular weight is 223 g/mol. The zero-order valence-electron chi connectivity index (χ0n) is 10.3. The molecule has 0 saturated carbocycles. The third-order valence-electron chi connectivity index (χ3n) is 2.42. The minimum Gasteiger partial charge on any atom is -0.493 e. The van der Waals surface area contributed by atoms with Gasteiger partial charge in [-0.25, -0.2) is 0 Å². The molecular formula is C13H21NO2. The van der Waals surface area contributed by atoms with Crippen molar-refractivity contribution in [2.24, 2.45) is 11.7 Å². The maximum atomic E-state index is 5.70. The third kappa shape index (κ3) is 3.74. The highest BCUT2D eigenvalue weighted by Gasteiger charge is 2.05. The topological polar surface area (TPSA) is 44.5 Å². The van der Waals surface area contributed by atoms with Crippen LogP contribution in [-0.2, 0) is 6.54 Å². The molecule has 0 aromatic heterocycles. The molecule has 0 aliphatic carbocycles. The number of methoxy groups -OCH3 is 1. The summed E-state index contributed by atoms with van der Waals surface area (Å²) < 4.78 is 10.9. The van der Waals surface area contributed by atoms with E-state index >= 15 is 0 Å². The van der Waals surface area contributed by atoms with Crippen molar-refractivity contribution in [3.05, 3.63) is 23.8 Å². The highest BCUT2D eigenvalue weighted by Crippen LogP contribution is 2.28. The van der Waals surface area contributed by atoms with Gasteiger partial charge in [-0.1, -0.05) is 19.9 Å². The van der Waals surface area contributed by atoms with Crippen molar-refractivity contribution in [3.63, 3.8) is 0 Å². The normalized spacial score (nSPS) is 10.6. The van der Waals surface area contributed by atoms with Crippen molar-refractivity contribution < 1.29 is 9.47 Å². The van der Waals surface area contributed by atoms with E-state index in [1.54, 1.807) is 7.11 Å². The predicted octanol–water partition coefficient (Wildman–Crippen LogP) is 2.58. The lowest BCUT2D eigenvalue weighted by Crippen LogP contribution is -2.04. The van der Waals surface area contributed by atoms with Gasteiger partial charge in [0.15, 0.2) is 11.5 Å². The van der Waals surface area contributed by atoms with E-state index in [2.05, 4.69) is 13.8 Å². The first-order valence-electron chi connectivity index (χ1n) is 5.67. The van der Waals surface area contributed by atoms with E-state index in [4.69, 9.17) is 15.2 Å². The van der Waals surface area contributed by atoms with Crippen LogP contribution in [0.3, 0.4) is 0 Å². The summed E-state index contributed by atoms with van der Waals surface area (Å²) in [4.78, 5) is 0. The van der Waals surface area contributed by atoms with Gasteiger partial charge in [-0.2, -0.15) is 0 Å². The Bertz CT molecular complexity index is 324. The van der Waals surface area contributed by atoms with Crippen molar-refractivity contribution in [1.29, 1.82) is 0 Å². The molecule has 1 aromatic rings. The number of hydrogen-bond donors (Lipinski definition) is 1. The molecule has 3 nitrogen and oxygen atoms in total. The van der Waals surface area contributed by atoms with Crippen LogP contribution in [0.4, 0.5) is 0 Å². The van der Waals surface area contributed by atoms with Crippen molar-refractivity contribution in [2.75, 3.05) is 13.7 Å². The number of ether oxygens (including phenoxy) is 2. The molecule has 0 saturated heterocycles. The van der Waals surface area contributed by atoms with Gasteiger partial charge in [0, 0.05) is 6.54 Å². The van der Waals surface area contributed by atoms with E-state index < -0.39 is 0 Å². The number of benzene rings is 1. The molecule has 16 heavy (non-hydrogen) atoms. The molecule has 0 aliphatic heterocycles. The fraction of sp³-hybridized carbons (Fsp3) is 0.538. The van der Waals surface area contributed by atoms with Gasteiger partial charge >= 0.3 is 0 Å². The molecule has 0 radical (unpaired) electrons. The second kappa shape index (κ2) is 6.38. The van der Waals surface area contributed by atoms with E-state index in [1.807, 2.05) is 18.2 Å². The van der Waals surface area contributed by atoms with E-state index in [0.29, 0.717) is 19.1 Å². The van der Waals surface area contributed by atoms with Gasteiger partial charge in [0.25, 0.3) is 0 Å². The van der Waals surface area contributed by atoms with Gasteiger partial charge in [-0.05, 0) is 30.0 Å². The van der Waals surface area contributed by atoms with Crippen LogP contribution in [0.2, 0.25) is 0 Å². The highest BCUT2D eigenvalue weighted by molar-refractivity contribution is 5.42. The van der Waals surface area contributed by atoms with Crippen molar-refractivity contribution >= 4 is 0 Å². The lowest BCUT2D eigenvalue weighted by Gasteiger charge is -2.12. The molecule has 0 amide bonds. The zero-order valence-corrected chi connectivity index (χ0v) is 10.3. The maximum absolute atomic E-state index is 5.70. The Labute approximate surface area is 97.6 Å². The average Bonchev–Trinajstić information content (AvgIpc) is 2.28. The Morgan fingerprint density at radius 3 is 2.56 bits per heavy atom. The summed E-state index contributed by atoms with van der Waals surface area (Å²) in [6, 6.07) is 5.79. The zero-order chi connectivity index (χ0) is 12.0. The molecule has 1 rings (SSSR count). The van der Waals surface area contributed by atoms with Gasteiger partial charge in [0.05, 0.1) is 13.7 Å². The van der Waals surface area contributed by atoms with Gasteiger partial charge in [-0.15, -0.1) is 0 Å². The van der Waals surface area contributed by atoms with Crippen LogP contribution in [0, 0.1) is 5.92 Å². The van der Waals surface area contributed by atoms with E-state index in [0.717, 1.165) is 23.5 Å². The monoisotopic (exact) mass is 223 g/mol. The SMILES string of the molecule is COc1ccc(CN)cc1OCCC(C)C. The summed E-state index contributed by atoms with van der Waals surface area (Å²) >= 11 is 0. The van der Waals surface area contributed by atoms with Crippen molar-refractivity contribution in [1.82, 2.24) is 0 Å². The minimum absolute atomic E-state index is 0.518. The molecule has 3 heteroatoms. The van der Waals surface area contributed by atoms with Crippen LogP contribution in [0.25, 0.3) is 0 Å². The Kier molecular flexibility index (Phi) is 5.12. The van der Waals surface area contributed by atoms with Crippen LogP contribution in [0.15, 0.2) is 18.2 Å². The molecule has 0 aliphatic rings. The molecule has 0 spiro atoms. The second-order valence-electron chi connectivity index (χ2n) is 4.22. The molecule has 0 fully saturated rings. The van der Waals surface area contributed by atoms with Gasteiger partial charge in [0.2, 0.25) is 0 Å². The molecule has 0 atom stereocenters. The smallest absolute Gasteiger partial charge is 0.161 e. The standard InChI is InChI=1S/C13H21NO2/c1-10(2)6-7-16-13-8-11(9-14)4-5-12(13)15-3/h4-5,8,10H,6-7,9,14H2,1-3H3. The Balaban J connectivity index is 2.67. The number of nitrogens with two attached hydrogens (primary N) is 1. The molecule has 0 heterocycles. The van der Waals surface area contributed by atoms with Gasteiger partial charge < -0.3 is 15.2 Å². The van der Waals surface area contributed by atoms with Gasteiger partial charge in [-0.3, -0.25) is 0 Å². The minimum atomic E-state index is 0.518. The predicted molar refractivity (Wildman–Crippen MR) is 65.8 cm³/mol. The third-order valence-corrected chi connectivity index (χ3v) is 2.42. The van der Waals surface area contributed by atoms with Crippen molar-refractivity contribution in [3.8, 4) is 11.5 Å². The first-order valence-corrected chi connectivity index (χ1v) is 5.67. The molecule has 1 aromatic carbocycles. The van der Waals surface area contributed by atoms with Crippen LogP contribution in [0.1, 0.15) is 25.8 Å². The fourth-order valence-corrected chi connectivity index (χ4v) is 1.37. The summed E-state index contributed by atoms with van der Waals surface area (Å²) in [5.41, 5.74) is 6.65.